The monoisotopic (exact) mass is 233 g/mol. The van der Waals surface area contributed by atoms with E-state index in [0.29, 0.717) is 12.0 Å². The average Bonchev–Trinajstić information content (AvgIpc) is 2.19. The first-order valence-electron chi connectivity index (χ1n) is 4.87. The first kappa shape index (κ1) is 13.0. The maximum absolute atomic E-state index is 12.4. The van der Waals surface area contributed by atoms with E-state index >= 15 is 0 Å². The number of aryl methyl sites for hydroxylation is 1. The maximum Gasteiger partial charge on any atom is 0.416 e. The summed E-state index contributed by atoms with van der Waals surface area (Å²) < 4.78 is 37.1. The minimum absolute atomic E-state index is 0.180. The van der Waals surface area contributed by atoms with Crippen LogP contribution in [0.4, 0.5) is 13.2 Å². The summed E-state index contributed by atoms with van der Waals surface area (Å²) in [6.45, 7) is 1.43. The van der Waals surface area contributed by atoms with Crippen LogP contribution >= 0.6 is 0 Å². The van der Waals surface area contributed by atoms with Crippen LogP contribution in [0.2, 0.25) is 0 Å². The van der Waals surface area contributed by atoms with E-state index in [0.717, 1.165) is 17.7 Å². The van der Waals surface area contributed by atoms with E-state index in [1.807, 2.05) is 0 Å². The van der Waals surface area contributed by atoms with Crippen LogP contribution in [0.1, 0.15) is 16.7 Å². The van der Waals surface area contributed by atoms with Crippen LogP contribution in [0, 0.1) is 6.92 Å². The van der Waals surface area contributed by atoms with Crippen LogP contribution in [-0.2, 0) is 12.6 Å². The lowest BCUT2D eigenvalue weighted by Crippen LogP contribution is -2.27. The van der Waals surface area contributed by atoms with Gasteiger partial charge < -0.3 is 10.8 Å². The normalized spacial score (nSPS) is 13.9. The smallest absolute Gasteiger partial charge is 0.395 e. The Bertz CT molecular complexity index is 363. The molecule has 0 amide bonds. The van der Waals surface area contributed by atoms with Gasteiger partial charge in [0.1, 0.15) is 0 Å². The Kier molecular flexibility index (Phi) is 3.93. The number of aliphatic hydroxyl groups is 1. The molecule has 1 rings (SSSR count). The van der Waals surface area contributed by atoms with E-state index in [4.69, 9.17) is 10.8 Å². The third-order valence-electron chi connectivity index (χ3n) is 2.39. The molecule has 1 aromatic rings. The molecule has 0 fully saturated rings. The standard InChI is InChI=1S/C11H14F3NO/c1-7-4-9(11(12,13)14)3-2-8(7)5-10(15)6-16/h2-4,10,16H,5-6,15H2,1H3. The number of halogens is 3. The Labute approximate surface area is 91.9 Å². The lowest BCUT2D eigenvalue weighted by molar-refractivity contribution is -0.137. The minimum Gasteiger partial charge on any atom is -0.395 e. The number of nitrogens with two attached hydrogens (primary N) is 1. The number of hydrogen-bond acceptors (Lipinski definition) is 2. The fraction of sp³-hybridized carbons (Fsp3) is 0.455. The van der Waals surface area contributed by atoms with Crippen molar-refractivity contribution < 1.29 is 18.3 Å². The van der Waals surface area contributed by atoms with Crippen molar-refractivity contribution in [1.29, 1.82) is 0 Å². The second kappa shape index (κ2) is 4.84. The van der Waals surface area contributed by atoms with Gasteiger partial charge in [-0.3, -0.25) is 0 Å². The van der Waals surface area contributed by atoms with Gasteiger partial charge in [-0.2, -0.15) is 13.2 Å². The van der Waals surface area contributed by atoms with Crippen LogP contribution in [0.15, 0.2) is 18.2 Å². The molecule has 90 valence electrons. The maximum atomic E-state index is 12.4. The molecule has 0 aliphatic rings. The summed E-state index contributed by atoms with van der Waals surface area (Å²) in [5, 5.41) is 8.77. The molecule has 0 saturated heterocycles. The van der Waals surface area contributed by atoms with Gasteiger partial charge in [-0.05, 0) is 36.6 Å². The SMILES string of the molecule is Cc1cc(C(F)(F)F)ccc1CC(N)CO. The fourth-order valence-corrected chi connectivity index (χ4v) is 1.45. The summed E-state index contributed by atoms with van der Waals surface area (Å²) in [7, 11) is 0. The topological polar surface area (TPSA) is 46.2 Å². The highest BCUT2D eigenvalue weighted by atomic mass is 19.4. The summed E-state index contributed by atoms with van der Waals surface area (Å²) in [6, 6.07) is 3.11. The van der Waals surface area contributed by atoms with E-state index in [9.17, 15) is 13.2 Å². The van der Waals surface area contributed by atoms with Crippen LogP contribution in [0.5, 0.6) is 0 Å². The Morgan fingerprint density at radius 2 is 2.00 bits per heavy atom. The third-order valence-corrected chi connectivity index (χ3v) is 2.39. The zero-order chi connectivity index (χ0) is 12.3. The molecule has 5 heteroatoms. The molecule has 0 radical (unpaired) electrons. The molecule has 1 aromatic carbocycles. The predicted molar refractivity (Wildman–Crippen MR) is 54.9 cm³/mol. The Morgan fingerprint density at radius 1 is 1.38 bits per heavy atom. The van der Waals surface area contributed by atoms with Gasteiger partial charge in [0.15, 0.2) is 0 Å². The van der Waals surface area contributed by atoms with Crippen molar-refractivity contribution in [3.63, 3.8) is 0 Å². The summed E-state index contributed by atoms with van der Waals surface area (Å²) in [5.74, 6) is 0. The summed E-state index contributed by atoms with van der Waals surface area (Å²) in [6.07, 6.45) is -3.94. The van der Waals surface area contributed by atoms with Crippen LogP contribution in [0.25, 0.3) is 0 Å². The van der Waals surface area contributed by atoms with Crippen molar-refractivity contribution >= 4 is 0 Å². The zero-order valence-electron chi connectivity index (χ0n) is 8.88. The first-order valence-corrected chi connectivity index (χ1v) is 4.87. The molecule has 0 aliphatic heterocycles. The number of rotatable bonds is 3. The molecule has 0 bridgehead atoms. The fourth-order valence-electron chi connectivity index (χ4n) is 1.45. The van der Waals surface area contributed by atoms with E-state index in [1.165, 1.54) is 6.07 Å². The number of hydrogen-bond donors (Lipinski definition) is 2. The Balaban J connectivity index is 2.92. The van der Waals surface area contributed by atoms with E-state index < -0.39 is 17.8 Å². The van der Waals surface area contributed by atoms with Crippen molar-refractivity contribution in [1.82, 2.24) is 0 Å². The minimum atomic E-state index is -4.32. The van der Waals surface area contributed by atoms with Crippen molar-refractivity contribution in [3.8, 4) is 0 Å². The number of benzene rings is 1. The predicted octanol–water partition coefficient (Wildman–Crippen LogP) is 1.88. The summed E-state index contributed by atoms with van der Waals surface area (Å²) in [4.78, 5) is 0. The molecule has 2 nitrogen and oxygen atoms in total. The van der Waals surface area contributed by atoms with Crippen molar-refractivity contribution in [2.45, 2.75) is 25.6 Å². The van der Waals surface area contributed by atoms with Crippen LogP contribution < -0.4 is 5.73 Å². The average molecular weight is 233 g/mol. The van der Waals surface area contributed by atoms with Gasteiger partial charge >= 0.3 is 6.18 Å². The summed E-state index contributed by atoms with van der Waals surface area (Å²) in [5.41, 5.74) is 6.14. The molecule has 1 unspecified atom stereocenters. The molecule has 0 aromatic heterocycles. The van der Waals surface area contributed by atoms with Gasteiger partial charge in [-0.15, -0.1) is 0 Å². The molecular formula is C11H14F3NO. The van der Waals surface area contributed by atoms with Gasteiger partial charge in [-0.1, -0.05) is 6.07 Å². The lowest BCUT2D eigenvalue weighted by Gasteiger charge is -2.13. The van der Waals surface area contributed by atoms with Crippen molar-refractivity contribution in [3.05, 3.63) is 34.9 Å². The van der Waals surface area contributed by atoms with Crippen LogP contribution in [-0.4, -0.2) is 17.8 Å². The highest BCUT2D eigenvalue weighted by molar-refractivity contribution is 5.33. The van der Waals surface area contributed by atoms with E-state index in [-0.39, 0.29) is 6.61 Å². The van der Waals surface area contributed by atoms with Gasteiger partial charge in [-0.25, -0.2) is 0 Å². The van der Waals surface area contributed by atoms with Crippen LogP contribution in [0.3, 0.4) is 0 Å². The summed E-state index contributed by atoms with van der Waals surface area (Å²) >= 11 is 0. The lowest BCUT2D eigenvalue weighted by atomic mass is 9.99. The van der Waals surface area contributed by atoms with Crippen molar-refractivity contribution in [2.75, 3.05) is 6.61 Å². The Hall–Kier alpha value is -1.07. The number of aliphatic hydroxyl groups excluding tert-OH is 1. The molecule has 16 heavy (non-hydrogen) atoms. The number of alkyl halides is 3. The highest BCUT2D eigenvalue weighted by Crippen LogP contribution is 2.30. The molecule has 3 N–H and O–H groups in total. The molecule has 0 spiro atoms. The quantitative estimate of drug-likeness (QED) is 0.837. The molecule has 0 saturated carbocycles. The first-order chi connectivity index (χ1) is 7.34. The van der Waals surface area contributed by atoms with Gasteiger partial charge in [0.25, 0.3) is 0 Å². The van der Waals surface area contributed by atoms with Crippen molar-refractivity contribution in [2.24, 2.45) is 5.73 Å². The molecular weight excluding hydrogens is 219 g/mol. The Morgan fingerprint density at radius 3 is 2.44 bits per heavy atom. The van der Waals surface area contributed by atoms with Gasteiger partial charge in [0.2, 0.25) is 0 Å². The van der Waals surface area contributed by atoms with Gasteiger partial charge in [0, 0.05) is 6.04 Å². The van der Waals surface area contributed by atoms with E-state index in [2.05, 4.69) is 0 Å². The largest absolute Gasteiger partial charge is 0.416 e. The molecule has 0 aliphatic carbocycles. The highest BCUT2D eigenvalue weighted by Gasteiger charge is 2.30. The molecule has 0 heterocycles. The zero-order valence-corrected chi connectivity index (χ0v) is 8.88. The second-order valence-electron chi connectivity index (χ2n) is 3.79. The molecule has 1 atom stereocenters. The van der Waals surface area contributed by atoms with Gasteiger partial charge in [0.05, 0.1) is 12.2 Å². The third kappa shape index (κ3) is 3.21. The van der Waals surface area contributed by atoms with E-state index in [1.54, 1.807) is 6.92 Å². The second-order valence-corrected chi connectivity index (χ2v) is 3.79.